The van der Waals surface area contributed by atoms with Gasteiger partial charge in [0.2, 0.25) is 0 Å². The maximum absolute atomic E-state index is 5.40. The van der Waals surface area contributed by atoms with Crippen molar-refractivity contribution in [2.24, 2.45) is 0 Å². The van der Waals surface area contributed by atoms with Crippen molar-refractivity contribution in [3.05, 3.63) is 34.3 Å². The van der Waals surface area contributed by atoms with Crippen LogP contribution in [0, 0.1) is 0 Å². The van der Waals surface area contributed by atoms with Crippen LogP contribution in [0.5, 0.6) is 0 Å². The van der Waals surface area contributed by atoms with E-state index >= 15 is 0 Å². The SMILES string of the molecule is CC(C)(c1ccc(Br)cc1)N1CCOCC1.[Mg]. The first-order chi connectivity index (χ1) is 7.60. The Bertz CT molecular complexity index is 347. The minimum Gasteiger partial charge on any atom is -0.379 e. The second-order valence-corrected chi connectivity index (χ2v) is 5.58. The normalized spacial score (nSPS) is 17.6. The molecule has 0 aliphatic carbocycles. The Labute approximate surface area is 128 Å². The fourth-order valence-corrected chi connectivity index (χ4v) is 2.43. The van der Waals surface area contributed by atoms with E-state index in [1.807, 2.05) is 0 Å². The molecule has 1 aromatic rings. The van der Waals surface area contributed by atoms with Crippen molar-refractivity contribution in [3.8, 4) is 0 Å². The summed E-state index contributed by atoms with van der Waals surface area (Å²) in [6, 6.07) is 8.61. The molecule has 1 aliphatic heterocycles. The van der Waals surface area contributed by atoms with Crippen molar-refractivity contribution in [2.45, 2.75) is 19.4 Å². The molecule has 0 unspecified atom stereocenters. The average molecular weight is 309 g/mol. The fourth-order valence-electron chi connectivity index (χ4n) is 2.16. The van der Waals surface area contributed by atoms with E-state index in [4.69, 9.17) is 4.74 Å². The van der Waals surface area contributed by atoms with Gasteiger partial charge in [0.1, 0.15) is 0 Å². The van der Waals surface area contributed by atoms with E-state index in [2.05, 4.69) is 58.9 Å². The number of ether oxygens (including phenoxy) is 1. The summed E-state index contributed by atoms with van der Waals surface area (Å²) < 4.78 is 6.53. The van der Waals surface area contributed by atoms with E-state index in [0.717, 1.165) is 30.8 Å². The molecular weight excluding hydrogens is 290 g/mol. The molecule has 90 valence electrons. The molecule has 1 aromatic carbocycles. The van der Waals surface area contributed by atoms with Gasteiger partial charge in [-0.1, -0.05) is 28.1 Å². The van der Waals surface area contributed by atoms with Gasteiger partial charge in [0.25, 0.3) is 0 Å². The van der Waals surface area contributed by atoms with Gasteiger partial charge in [-0.05, 0) is 31.5 Å². The number of halogens is 1. The van der Waals surface area contributed by atoms with Crippen molar-refractivity contribution in [1.82, 2.24) is 4.90 Å². The van der Waals surface area contributed by atoms with Gasteiger partial charge < -0.3 is 4.74 Å². The predicted molar refractivity (Wildman–Crippen MR) is 75.3 cm³/mol. The molecule has 2 rings (SSSR count). The maximum atomic E-state index is 5.40. The highest BCUT2D eigenvalue weighted by Gasteiger charge is 2.29. The molecule has 1 fully saturated rings. The molecule has 0 atom stereocenters. The molecule has 0 aromatic heterocycles. The molecule has 0 bridgehead atoms. The van der Waals surface area contributed by atoms with Crippen LogP contribution in [0.15, 0.2) is 28.7 Å². The van der Waals surface area contributed by atoms with Crippen LogP contribution in [0.3, 0.4) is 0 Å². The first-order valence-corrected chi connectivity index (χ1v) is 6.49. The lowest BCUT2D eigenvalue weighted by Crippen LogP contribution is -2.47. The van der Waals surface area contributed by atoms with E-state index in [1.165, 1.54) is 5.56 Å². The van der Waals surface area contributed by atoms with Crippen LogP contribution in [-0.4, -0.2) is 54.3 Å². The van der Waals surface area contributed by atoms with Crippen molar-refractivity contribution in [1.29, 1.82) is 0 Å². The highest BCUT2D eigenvalue weighted by Crippen LogP contribution is 2.29. The van der Waals surface area contributed by atoms with Gasteiger partial charge in [-0.3, -0.25) is 4.90 Å². The highest BCUT2D eigenvalue weighted by atomic mass is 79.9. The molecule has 2 radical (unpaired) electrons. The van der Waals surface area contributed by atoms with Gasteiger partial charge >= 0.3 is 0 Å². The van der Waals surface area contributed by atoms with Crippen molar-refractivity contribution < 1.29 is 4.74 Å². The predicted octanol–water partition coefficient (Wildman–Crippen LogP) is 2.64. The fraction of sp³-hybridized carbons (Fsp3) is 0.538. The lowest BCUT2D eigenvalue weighted by Gasteiger charge is -2.41. The van der Waals surface area contributed by atoms with Gasteiger partial charge in [-0.2, -0.15) is 0 Å². The second-order valence-electron chi connectivity index (χ2n) is 4.67. The number of hydrogen-bond acceptors (Lipinski definition) is 2. The quantitative estimate of drug-likeness (QED) is 0.779. The van der Waals surface area contributed by atoms with Crippen molar-refractivity contribution in [2.75, 3.05) is 26.3 Å². The van der Waals surface area contributed by atoms with E-state index in [0.29, 0.717) is 0 Å². The van der Waals surface area contributed by atoms with Crippen molar-refractivity contribution >= 4 is 39.0 Å². The molecule has 1 heterocycles. The van der Waals surface area contributed by atoms with Gasteiger partial charge in [-0.25, -0.2) is 0 Å². The maximum Gasteiger partial charge on any atom is 0.0594 e. The Morgan fingerprint density at radius 2 is 1.65 bits per heavy atom. The van der Waals surface area contributed by atoms with Crippen LogP contribution in [0.4, 0.5) is 0 Å². The third kappa shape index (κ3) is 3.67. The Morgan fingerprint density at radius 3 is 2.18 bits per heavy atom. The van der Waals surface area contributed by atoms with Crippen LogP contribution in [0.25, 0.3) is 0 Å². The van der Waals surface area contributed by atoms with Gasteiger partial charge in [0.15, 0.2) is 0 Å². The summed E-state index contributed by atoms with van der Waals surface area (Å²) in [7, 11) is 0. The monoisotopic (exact) mass is 307 g/mol. The molecule has 17 heavy (non-hydrogen) atoms. The number of morpholine rings is 1. The standard InChI is InChI=1S/C13H18BrNO.Mg/c1-13(2,15-7-9-16-10-8-15)11-3-5-12(14)6-4-11;/h3-6H,7-10H2,1-2H3;. The summed E-state index contributed by atoms with van der Waals surface area (Å²) in [5, 5.41) is 0. The molecule has 2 nitrogen and oxygen atoms in total. The molecule has 1 aliphatic rings. The summed E-state index contributed by atoms with van der Waals surface area (Å²) in [4.78, 5) is 2.49. The molecule has 4 heteroatoms. The number of rotatable bonds is 2. The Kier molecular flexibility index (Phi) is 5.93. The molecule has 1 saturated heterocycles. The zero-order chi connectivity index (χ0) is 11.6. The Balaban J connectivity index is 0.00000144. The Hall–Kier alpha value is 0.386. The minimum atomic E-state index is 0. The smallest absolute Gasteiger partial charge is 0.0594 e. The zero-order valence-electron chi connectivity index (χ0n) is 10.6. The van der Waals surface area contributed by atoms with Crippen LogP contribution >= 0.6 is 15.9 Å². The first kappa shape index (κ1) is 15.4. The highest BCUT2D eigenvalue weighted by molar-refractivity contribution is 9.10. The van der Waals surface area contributed by atoms with E-state index < -0.39 is 0 Å². The number of hydrogen-bond donors (Lipinski definition) is 0. The largest absolute Gasteiger partial charge is 0.379 e. The summed E-state index contributed by atoms with van der Waals surface area (Å²) >= 11 is 3.47. The van der Waals surface area contributed by atoms with E-state index in [9.17, 15) is 0 Å². The Morgan fingerprint density at radius 1 is 1.12 bits per heavy atom. The average Bonchev–Trinajstić information content (AvgIpc) is 2.31. The van der Waals surface area contributed by atoms with Crippen molar-refractivity contribution in [3.63, 3.8) is 0 Å². The van der Waals surface area contributed by atoms with Gasteiger partial charge in [0, 0.05) is 46.2 Å². The summed E-state index contributed by atoms with van der Waals surface area (Å²) in [5.74, 6) is 0. The van der Waals surface area contributed by atoms with Gasteiger partial charge in [-0.15, -0.1) is 0 Å². The summed E-state index contributed by atoms with van der Waals surface area (Å²) in [5.41, 5.74) is 1.45. The zero-order valence-corrected chi connectivity index (χ0v) is 13.6. The van der Waals surface area contributed by atoms with Gasteiger partial charge in [0.05, 0.1) is 13.2 Å². The molecule has 0 N–H and O–H groups in total. The topological polar surface area (TPSA) is 12.5 Å². The molecule has 0 saturated carbocycles. The van der Waals surface area contributed by atoms with Crippen LogP contribution < -0.4 is 0 Å². The minimum absolute atomic E-state index is 0. The number of benzene rings is 1. The molecule has 0 spiro atoms. The number of nitrogens with zero attached hydrogens (tertiary/aromatic N) is 1. The lowest BCUT2D eigenvalue weighted by atomic mass is 9.92. The summed E-state index contributed by atoms with van der Waals surface area (Å²) in [6.45, 7) is 8.29. The van der Waals surface area contributed by atoms with Crippen LogP contribution in [0.1, 0.15) is 19.4 Å². The van der Waals surface area contributed by atoms with Crippen LogP contribution in [0.2, 0.25) is 0 Å². The third-order valence-corrected chi connectivity index (χ3v) is 3.88. The van der Waals surface area contributed by atoms with E-state index in [1.54, 1.807) is 0 Å². The third-order valence-electron chi connectivity index (χ3n) is 3.35. The lowest BCUT2D eigenvalue weighted by molar-refractivity contribution is -0.0118. The molecule has 0 amide bonds. The van der Waals surface area contributed by atoms with Crippen LogP contribution in [-0.2, 0) is 10.3 Å². The van der Waals surface area contributed by atoms with E-state index in [-0.39, 0.29) is 28.6 Å². The second kappa shape index (κ2) is 6.52. The first-order valence-electron chi connectivity index (χ1n) is 5.69. The molecular formula is C13H18BrMgNO. The summed E-state index contributed by atoms with van der Waals surface area (Å²) in [6.07, 6.45) is 0.